The van der Waals surface area contributed by atoms with E-state index in [1.165, 1.54) is 5.56 Å². The second kappa shape index (κ2) is 5.76. The summed E-state index contributed by atoms with van der Waals surface area (Å²) >= 11 is 0. The summed E-state index contributed by atoms with van der Waals surface area (Å²) in [7, 11) is 3.26. The molecule has 0 aromatic heterocycles. The van der Waals surface area contributed by atoms with Crippen LogP contribution in [-0.4, -0.2) is 14.2 Å². The van der Waals surface area contributed by atoms with Gasteiger partial charge in [0.1, 0.15) is 0 Å². The molecular weight excluding hydrogens is 238 g/mol. The zero-order valence-electron chi connectivity index (χ0n) is 11.6. The average molecular weight is 257 g/mol. The molecule has 2 rings (SSSR count). The quantitative estimate of drug-likeness (QED) is 0.915. The molecule has 0 saturated carbocycles. The summed E-state index contributed by atoms with van der Waals surface area (Å²) in [5, 5.41) is 0. The van der Waals surface area contributed by atoms with Crippen molar-refractivity contribution < 1.29 is 9.47 Å². The summed E-state index contributed by atoms with van der Waals surface area (Å²) in [4.78, 5) is 0. The van der Waals surface area contributed by atoms with E-state index in [2.05, 4.69) is 31.2 Å². The number of ether oxygens (including phenoxy) is 2. The number of rotatable bonds is 4. The Morgan fingerprint density at radius 3 is 2.16 bits per heavy atom. The first-order valence-electron chi connectivity index (χ1n) is 6.21. The van der Waals surface area contributed by atoms with Gasteiger partial charge in [0.15, 0.2) is 11.5 Å². The largest absolute Gasteiger partial charge is 0.493 e. The Hall–Kier alpha value is -2.00. The van der Waals surface area contributed by atoms with Gasteiger partial charge in [-0.1, -0.05) is 29.8 Å². The maximum atomic E-state index is 5.79. The topological polar surface area (TPSA) is 44.5 Å². The molecule has 0 saturated heterocycles. The Labute approximate surface area is 114 Å². The van der Waals surface area contributed by atoms with Crippen LogP contribution in [0.5, 0.6) is 11.5 Å². The van der Waals surface area contributed by atoms with Crippen LogP contribution >= 0.6 is 0 Å². The van der Waals surface area contributed by atoms with E-state index in [9.17, 15) is 0 Å². The molecule has 100 valence electrons. The van der Waals surface area contributed by atoms with Crippen LogP contribution in [0.4, 0.5) is 0 Å². The van der Waals surface area contributed by atoms with Crippen molar-refractivity contribution in [2.45, 2.75) is 13.5 Å². The van der Waals surface area contributed by atoms with Crippen LogP contribution in [0.2, 0.25) is 0 Å². The third kappa shape index (κ3) is 2.71. The maximum absolute atomic E-state index is 5.79. The molecule has 0 bridgehead atoms. The molecule has 3 nitrogen and oxygen atoms in total. The molecule has 0 atom stereocenters. The third-order valence-electron chi connectivity index (χ3n) is 3.16. The zero-order valence-corrected chi connectivity index (χ0v) is 11.6. The fourth-order valence-corrected chi connectivity index (χ4v) is 2.11. The predicted octanol–water partition coefficient (Wildman–Crippen LogP) is 3.14. The van der Waals surface area contributed by atoms with Gasteiger partial charge in [-0.25, -0.2) is 0 Å². The first-order valence-corrected chi connectivity index (χ1v) is 6.21. The Morgan fingerprint density at radius 1 is 0.947 bits per heavy atom. The molecule has 0 aliphatic heterocycles. The highest BCUT2D eigenvalue weighted by Gasteiger charge is 2.12. The summed E-state index contributed by atoms with van der Waals surface area (Å²) < 4.78 is 10.7. The molecule has 0 aliphatic carbocycles. The summed E-state index contributed by atoms with van der Waals surface area (Å²) in [5.41, 5.74) is 10.2. The van der Waals surface area contributed by atoms with E-state index in [-0.39, 0.29) is 0 Å². The minimum absolute atomic E-state index is 0.416. The van der Waals surface area contributed by atoms with Gasteiger partial charge < -0.3 is 15.2 Å². The molecule has 2 aromatic rings. The zero-order chi connectivity index (χ0) is 13.8. The van der Waals surface area contributed by atoms with Gasteiger partial charge in [-0.15, -0.1) is 0 Å². The Bertz CT molecular complexity index is 536. The fraction of sp³-hybridized carbons (Fsp3) is 0.250. The first-order chi connectivity index (χ1) is 9.19. The van der Waals surface area contributed by atoms with Crippen molar-refractivity contribution in [3.05, 3.63) is 47.5 Å². The molecule has 0 aliphatic rings. The highest BCUT2D eigenvalue weighted by Crippen LogP contribution is 2.36. The van der Waals surface area contributed by atoms with Crippen LogP contribution < -0.4 is 15.2 Å². The molecule has 19 heavy (non-hydrogen) atoms. The second-order valence-electron chi connectivity index (χ2n) is 4.44. The molecule has 0 fully saturated rings. The number of hydrogen-bond donors (Lipinski definition) is 1. The molecule has 0 radical (unpaired) electrons. The normalized spacial score (nSPS) is 10.3. The molecule has 0 amide bonds. The maximum Gasteiger partial charge on any atom is 0.165 e. The van der Waals surface area contributed by atoms with Crippen molar-refractivity contribution in [3.8, 4) is 22.6 Å². The average Bonchev–Trinajstić information content (AvgIpc) is 2.46. The van der Waals surface area contributed by atoms with Crippen LogP contribution in [0.15, 0.2) is 36.4 Å². The Balaban J connectivity index is 2.55. The Kier molecular flexibility index (Phi) is 4.07. The highest BCUT2D eigenvalue weighted by atomic mass is 16.5. The van der Waals surface area contributed by atoms with Gasteiger partial charge in [0.2, 0.25) is 0 Å². The molecule has 0 unspecified atom stereocenters. The van der Waals surface area contributed by atoms with Crippen molar-refractivity contribution in [1.82, 2.24) is 0 Å². The monoisotopic (exact) mass is 257 g/mol. The molecule has 2 N–H and O–H groups in total. The lowest BCUT2D eigenvalue weighted by atomic mass is 10.0. The number of hydrogen-bond acceptors (Lipinski definition) is 3. The van der Waals surface area contributed by atoms with Crippen molar-refractivity contribution in [3.63, 3.8) is 0 Å². The lowest BCUT2D eigenvalue weighted by molar-refractivity contribution is 0.352. The van der Waals surface area contributed by atoms with E-state index in [0.717, 1.165) is 16.7 Å². The smallest absolute Gasteiger partial charge is 0.165 e. The molecule has 3 heteroatoms. The third-order valence-corrected chi connectivity index (χ3v) is 3.16. The van der Waals surface area contributed by atoms with Crippen molar-refractivity contribution >= 4 is 0 Å². The van der Waals surface area contributed by atoms with Gasteiger partial charge >= 0.3 is 0 Å². The fourth-order valence-electron chi connectivity index (χ4n) is 2.11. The highest BCUT2D eigenvalue weighted by molar-refractivity contribution is 5.69. The van der Waals surface area contributed by atoms with Gasteiger partial charge in [0.25, 0.3) is 0 Å². The molecule has 0 heterocycles. The Morgan fingerprint density at radius 2 is 1.63 bits per heavy atom. The van der Waals surface area contributed by atoms with E-state index < -0.39 is 0 Å². The van der Waals surface area contributed by atoms with Gasteiger partial charge in [0.05, 0.1) is 14.2 Å². The van der Waals surface area contributed by atoms with E-state index in [0.29, 0.717) is 18.0 Å². The number of methoxy groups -OCH3 is 2. The van der Waals surface area contributed by atoms with E-state index in [1.807, 2.05) is 12.1 Å². The number of nitrogens with two attached hydrogens (primary N) is 1. The predicted molar refractivity (Wildman–Crippen MR) is 77.6 cm³/mol. The number of benzene rings is 2. The van der Waals surface area contributed by atoms with Crippen LogP contribution in [0.3, 0.4) is 0 Å². The van der Waals surface area contributed by atoms with Crippen molar-refractivity contribution in [2.75, 3.05) is 14.2 Å². The van der Waals surface area contributed by atoms with Gasteiger partial charge in [-0.3, -0.25) is 0 Å². The lowest BCUT2D eigenvalue weighted by Crippen LogP contribution is -2.02. The molecular formula is C16H19NO2. The standard InChI is InChI=1S/C16H19NO2/c1-11-4-6-12(7-5-11)13-8-14(10-17)16(19-3)15(9-13)18-2/h4-9H,10,17H2,1-3H3. The van der Waals surface area contributed by atoms with Crippen LogP contribution in [0.1, 0.15) is 11.1 Å². The molecule has 2 aromatic carbocycles. The van der Waals surface area contributed by atoms with Crippen molar-refractivity contribution in [2.24, 2.45) is 5.73 Å². The lowest BCUT2D eigenvalue weighted by Gasteiger charge is -2.14. The summed E-state index contributed by atoms with van der Waals surface area (Å²) in [5.74, 6) is 1.42. The van der Waals surface area contributed by atoms with Crippen molar-refractivity contribution in [1.29, 1.82) is 0 Å². The van der Waals surface area contributed by atoms with Crippen LogP contribution in [-0.2, 0) is 6.54 Å². The minimum atomic E-state index is 0.416. The number of aryl methyl sites for hydroxylation is 1. The van der Waals surface area contributed by atoms with Crippen LogP contribution in [0, 0.1) is 6.92 Å². The summed E-state index contributed by atoms with van der Waals surface area (Å²) in [6, 6.07) is 12.4. The SMILES string of the molecule is COc1cc(-c2ccc(C)cc2)cc(CN)c1OC. The second-order valence-corrected chi connectivity index (χ2v) is 4.44. The van der Waals surface area contributed by atoms with Gasteiger partial charge in [-0.2, -0.15) is 0 Å². The van der Waals surface area contributed by atoms with Crippen LogP contribution in [0.25, 0.3) is 11.1 Å². The van der Waals surface area contributed by atoms with Gasteiger partial charge in [-0.05, 0) is 30.2 Å². The van der Waals surface area contributed by atoms with E-state index in [4.69, 9.17) is 15.2 Å². The minimum Gasteiger partial charge on any atom is -0.493 e. The van der Waals surface area contributed by atoms with E-state index in [1.54, 1.807) is 14.2 Å². The summed E-state index contributed by atoms with van der Waals surface area (Å²) in [6.07, 6.45) is 0. The first kappa shape index (κ1) is 13.4. The molecule has 0 spiro atoms. The van der Waals surface area contributed by atoms with Gasteiger partial charge in [0, 0.05) is 12.1 Å². The summed E-state index contributed by atoms with van der Waals surface area (Å²) in [6.45, 7) is 2.49. The van der Waals surface area contributed by atoms with E-state index >= 15 is 0 Å².